The van der Waals surface area contributed by atoms with Crippen molar-refractivity contribution >= 4 is 17.1 Å². The number of amides is 1. The van der Waals surface area contributed by atoms with Crippen molar-refractivity contribution < 1.29 is 33.3 Å². The lowest BCUT2D eigenvalue weighted by Gasteiger charge is -2.47. The van der Waals surface area contributed by atoms with Gasteiger partial charge >= 0.3 is 11.7 Å². The Labute approximate surface area is 154 Å². The Morgan fingerprint density at radius 3 is 2.67 bits per heavy atom. The lowest BCUT2D eigenvalue weighted by atomic mass is 9.89. The van der Waals surface area contributed by atoms with E-state index in [9.17, 15) is 14.7 Å². The summed E-state index contributed by atoms with van der Waals surface area (Å²) < 4.78 is 27.2. The predicted molar refractivity (Wildman–Crippen MR) is 93.3 cm³/mol. The van der Waals surface area contributed by atoms with Gasteiger partial charge in [-0.25, -0.2) is 9.59 Å². The monoisotopic (exact) mass is 379 g/mol. The first-order valence-corrected chi connectivity index (χ1v) is 8.27. The molecule has 2 aromatic rings. The molecular weight excluding hydrogens is 358 g/mol. The number of carbonyl (C=O) groups excluding carboxylic acids is 1. The molecule has 9 nitrogen and oxygen atoms in total. The maximum Gasteiger partial charge on any atom is 0.405 e. The molecule has 0 radical (unpaired) electrons. The molecule has 0 bridgehead atoms. The first-order chi connectivity index (χ1) is 12.7. The number of para-hydroxylation sites is 1. The first-order valence-electron chi connectivity index (χ1n) is 8.27. The van der Waals surface area contributed by atoms with E-state index in [1.807, 2.05) is 0 Å². The van der Waals surface area contributed by atoms with Crippen LogP contribution in [-0.2, 0) is 14.2 Å². The highest BCUT2D eigenvalue weighted by atomic mass is 16.7. The van der Waals surface area contributed by atoms with Crippen LogP contribution in [0.3, 0.4) is 0 Å². The third kappa shape index (κ3) is 3.75. The number of nitrogens with two attached hydrogens (primary N) is 1. The number of aliphatic hydroxyl groups excluding tert-OH is 1. The summed E-state index contributed by atoms with van der Waals surface area (Å²) in [5, 5.41) is 11.3. The number of aliphatic hydroxyl groups is 1. The molecule has 1 aliphatic rings. The summed E-state index contributed by atoms with van der Waals surface area (Å²) in [4.78, 5) is 22.9. The van der Waals surface area contributed by atoms with Crippen LogP contribution < -0.4 is 16.1 Å². The van der Waals surface area contributed by atoms with Gasteiger partial charge in [0.15, 0.2) is 17.4 Å². The van der Waals surface area contributed by atoms with E-state index in [-0.39, 0.29) is 11.3 Å². The summed E-state index contributed by atoms with van der Waals surface area (Å²) in [5.74, 6) is 0.187. The maximum absolute atomic E-state index is 11.6. The molecule has 1 fully saturated rings. The van der Waals surface area contributed by atoms with Crippen LogP contribution in [0.15, 0.2) is 39.5 Å². The van der Waals surface area contributed by atoms with Crippen LogP contribution >= 0.6 is 0 Å². The van der Waals surface area contributed by atoms with E-state index < -0.39 is 41.9 Å². The van der Waals surface area contributed by atoms with Gasteiger partial charge in [0.05, 0.1) is 5.60 Å². The number of rotatable bonds is 4. The minimum Gasteiger partial charge on any atom is -0.457 e. The van der Waals surface area contributed by atoms with Gasteiger partial charge in [-0.15, -0.1) is 0 Å². The van der Waals surface area contributed by atoms with Crippen molar-refractivity contribution in [1.82, 2.24) is 0 Å². The van der Waals surface area contributed by atoms with Gasteiger partial charge in [-0.3, -0.25) is 0 Å². The highest BCUT2D eigenvalue weighted by Crippen LogP contribution is 2.35. The van der Waals surface area contributed by atoms with Crippen molar-refractivity contribution in [2.45, 2.75) is 44.1 Å². The minimum atomic E-state index is -1.27. The van der Waals surface area contributed by atoms with Crippen molar-refractivity contribution in [1.29, 1.82) is 0 Å². The number of primary amides is 1. The summed E-state index contributed by atoms with van der Waals surface area (Å²) in [6, 6.07) is 7.89. The van der Waals surface area contributed by atoms with E-state index in [1.165, 1.54) is 13.2 Å². The van der Waals surface area contributed by atoms with Gasteiger partial charge in [0.25, 0.3) is 0 Å². The fourth-order valence-corrected chi connectivity index (χ4v) is 3.24. The molecule has 1 amide bonds. The Hall–Kier alpha value is -2.62. The Kier molecular flexibility index (Phi) is 5.09. The summed E-state index contributed by atoms with van der Waals surface area (Å²) in [6.45, 7) is 3.40. The minimum absolute atomic E-state index is 0.187. The third-order valence-electron chi connectivity index (χ3n) is 4.38. The van der Waals surface area contributed by atoms with E-state index in [0.29, 0.717) is 5.39 Å². The number of hydrogen-bond donors (Lipinski definition) is 2. The Morgan fingerprint density at radius 1 is 1.26 bits per heavy atom. The topological polar surface area (TPSA) is 130 Å². The zero-order valence-corrected chi connectivity index (χ0v) is 15.1. The van der Waals surface area contributed by atoms with Crippen LogP contribution in [0.2, 0.25) is 0 Å². The molecule has 2 heterocycles. The summed E-state index contributed by atoms with van der Waals surface area (Å²) in [7, 11) is 1.40. The van der Waals surface area contributed by atoms with Gasteiger partial charge in [0.2, 0.25) is 6.29 Å². The van der Waals surface area contributed by atoms with Gasteiger partial charge in [-0.2, -0.15) is 0 Å². The fraction of sp³-hybridized carbons (Fsp3) is 0.444. The second-order valence-corrected chi connectivity index (χ2v) is 6.68. The Balaban J connectivity index is 1.99. The molecular formula is C18H21NO8. The molecule has 1 aromatic carbocycles. The maximum atomic E-state index is 11.6. The zero-order chi connectivity index (χ0) is 19.8. The molecule has 27 heavy (non-hydrogen) atoms. The molecule has 3 rings (SSSR count). The molecule has 1 aliphatic heterocycles. The SMILES string of the molecule is COC1[C@H](O)[C@H](OC(N)=O)C(Oc2cccc3ccc(=O)oc23)OC1(C)C. The second kappa shape index (κ2) is 7.18. The zero-order valence-electron chi connectivity index (χ0n) is 15.1. The van der Waals surface area contributed by atoms with Crippen molar-refractivity contribution in [3.05, 3.63) is 40.8 Å². The van der Waals surface area contributed by atoms with E-state index in [2.05, 4.69) is 0 Å². The molecule has 9 heteroatoms. The smallest absolute Gasteiger partial charge is 0.405 e. The van der Waals surface area contributed by atoms with E-state index >= 15 is 0 Å². The normalized spacial score (nSPS) is 27.3. The number of ether oxygens (including phenoxy) is 4. The van der Waals surface area contributed by atoms with Crippen molar-refractivity contribution in [3.8, 4) is 5.75 Å². The Bertz CT molecular complexity index is 892. The highest BCUT2D eigenvalue weighted by molar-refractivity contribution is 5.82. The molecule has 3 N–H and O–H groups in total. The number of methoxy groups -OCH3 is 1. The number of fused-ring (bicyclic) bond motifs is 1. The molecule has 0 saturated carbocycles. The average Bonchev–Trinajstić information content (AvgIpc) is 2.58. The molecule has 2 unspecified atom stereocenters. The van der Waals surface area contributed by atoms with Gasteiger partial charge in [-0.05, 0) is 26.0 Å². The second-order valence-electron chi connectivity index (χ2n) is 6.68. The van der Waals surface area contributed by atoms with Gasteiger partial charge in [-0.1, -0.05) is 12.1 Å². The standard InChI is InChI=1S/C18H21NO8/c1-18(2)15(23-3)12(21)14(26-17(19)22)16(27-18)24-10-6-4-5-9-7-8-11(20)25-13(9)10/h4-8,12,14-16,21H,1-3H3,(H2,19,22)/t12-,14+,15?,16?/m1/s1. The van der Waals surface area contributed by atoms with E-state index in [4.69, 9.17) is 29.1 Å². The first kappa shape index (κ1) is 19.2. The van der Waals surface area contributed by atoms with Crippen LogP contribution in [0.25, 0.3) is 11.0 Å². The number of benzene rings is 1. The molecule has 4 atom stereocenters. The lowest BCUT2D eigenvalue weighted by Crippen LogP contribution is -2.65. The predicted octanol–water partition coefficient (Wildman–Crippen LogP) is 1.15. The van der Waals surface area contributed by atoms with Gasteiger partial charge in [0, 0.05) is 18.6 Å². The Morgan fingerprint density at radius 2 is 2.00 bits per heavy atom. The molecule has 146 valence electrons. The highest BCUT2D eigenvalue weighted by Gasteiger charge is 2.53. The quantitative estimate of drug-likeness (QED) is 0.757. The van der Waals surface area contributed by atoms with Crippen molar-refractivity contribution in [2.75, 3.05) is 7.11 Å². The van der Waals surface area contributed by atoms with Crippen molar-refractivity contribution in [3.63, 3.8) is 0 Å². The number of carbonyl (C=O) groups is 1. The number of hydrogen-bond acceptors (Lipinski definition) is 8. The van der Waals surface area contributed by atoms with Crippen LogP contribution in [0, 0.1) is 0 Å². The van der Waals surface area contributed by atoms with E-state index in [0.717, 1.165) is 0 Å². The van der Waals surface area contributed by atoms with Gasteiger partial charge in [0.1, 0.15) is 12.2 Å². The van der Waals surface area contributed by atoms with Crippen LogP contribution in [-0.4, -0.2) is 48.5 Å². The van der Waals surface area contributed by atoms with Crippen LogP contribution in [0.4, 0.5) is 4.79 Å². The summed E-state index contributed by atoms with van der Waals surface area (Å²) in [6.07, 6.45) is -5.64. The summed E-state index contributed by atoms with van der Waals surface area (Å²) >= 11 is 0. The fourth-order valence-electron chi connectivity index (χ4n) is 3.24. The molecule has 1 saturated heterocycles. The van der Waals surface area contributed by atoms with E-state index in [1.54, 1.807) is 38.1 Å². The molecule has 0 spiro atoms. The lowest BCUT2D eigenvalue weighted by molar-refractivity contribution is -0.304. The summed E-state index contributed by atoms with van der Waals surface area (Å²) in [5.41, 5.74) is 3.80. The average molecular weight is 379 g/mol. The third-order valence-corrected chi connectivity index (χ3v) is 4.38. The molecule has 0 aliphatic carbocycles. The van der Waals surface area contributed by atoms with Crippen LogP contribution in [0.5, 0.6) is 5.75 Å². The van der Waals surface area contributed by atoms with Gasteiger partial charge < -0.3 is 34.2 Å². The van der Waals surface area contributed by atoms with Crippen LogP contribution in [0.1, 0.15) is 13.8 Å². The molecule has 1 aromatic heterocycles. The largest absolute Gasteiger partial charge is 0.457 e. The van der Waals surface area contributed by atoms with Crippen molar-refractivity contribution in [2.24, 2.45) is 5.73 Å².